The van der Waals surface area contributed by atoms with Gasteiger partial charge in [-0.05, 0) is 24.5 Å². The molecule has 0 radical (unpaired) electrons. The smallest absolute Gasteiger partial charge is 0.272 e. The number of benzene rings is 2. The van der Waals surface area contributed by atoms with Gasteiger partial charge < -0.3 is 5.32 Å². The quantitative estimate of drug-likeness (QED) is 0.669. The fourth-order valence-corrected chi connectivity index (χ4v) is 3.03. The summed E-state index contributed by atoms with van der Waals surface area (Å²) in [6.07, 6.45) is 1.84. The van der Waals surface area contributed by atoms with Gasteiger partial charge in [0.2, 0.25) is 0 Å². The minimum absolute atomic E-state index is 0.188. The molecule has 0 saturated carbocycles. The second-order valence-corrected chi connectivity index (χ2v) is 6.10. The zero-order valence-electron chi connectivity index (χ0n) is 13.3. The van der Waals surface area contributed by atoms with Gasteiger partial charge in [0.25, 0.3) is 5.69 Å². The number of anilines is 1. The van der Waals surface area contributed by atoms with Crippen LogP contribution in [0.2, 0.25) is 0 Å². The molecule has 0 unspecified atom stereocenters. The van der Waals surface area contributed by atoms with E-state index < -0.39 is 10.7 Å². The second-order valence-electron chi connectivity index (χ2n) is 6.10. The lowest BCUT2D eigenvalue weighted by Gasteiger charge is -2.33. The Morgan fingerprint density at radius 2 is 1.88 bits per heavy atom. The molecule has 0 aliphatic carbocycles. The molecule has 0 amide bonds. The number of nitro groups is 1. The zero-order valence-corrected chi connectivity index (χ0v) is 13.3. The van der Waals surface area contributed by atoms with E-state index in [9.17, 15) is 14.5 Å². The van der Waals surface area contributed by atoms with Crippen LogP contribution >= 0.6 is 0 Å². The van der Waals surface area contributed by atoms with Crippen molar-refractivity contribution < 1.29 is 9.31 Å². The molecule has 3 rings (SSSR count). The summed E-state index contributed by atoms with van der Waals surface area (Å²) >= 11 is 0. The monoisotopic (exact) mass is 329 g/mol. The Labute approximate surface area is 140 Å². The van der Waals surface area contributed by atoms with Gasteiger partial charge in [-0.1, -0.05) is 30.3 Å². The minimum Gasteiger partial charge on any atom is -0.380 e. The molecular weight excluding hydrogens is 309 g/mol. The van der Waals surface area contributed by atoms with Gasteiger partial charge in [0.05, 0.1) is 16.7 Å². The maximum atomic E-state index is 14.0. The number of nitrogens with one attached hydrogen (secondary N) is 1. The number of nitrogens with zero attached hydrogens (tertiary/aromatic N) is 2. The molecule has 0 bridgehead atoms. The summed E-state index contributed by atoms with van der Waals surface area (Å²) in [6, 6.07) is 14.3. The average Bonchev–Trinajstić information content (AvgIpc) is 2.59. The van der Waals surface area contributed by atoms with Crippen LogP contribution in [0.3, 0.4) is 0 Å². The van der Waals surface area contributed by atoms with Crippen molar-refractivity contribution in [3.05, 3.63) is 70.0 Å². The molecule has 1 heterocycles. The van der Waals surface area contributed by atoms with E-state index in [-0.39, 0.29) is 11.7 Å². The number of nitro benzene ring substituents is 1. The molecule has 24 heavy (non-hydrogen) atoms. The van der Waals surface area contributed by atoms with Gasteiger partial charge in [0.15, 0.2) is 5.82 Å². The summed E-state index contributed by atoms with van der Waals surface area (Å²) in [4.78, 5) is 12.5. The van der Waals surface area contributed by atoms with E-state index in [2.05, 4.69) is 22.3 Å². The van der Waals surface area contributed by atoms with E-state index in [1.165, 1.54) is 17.7 Å². The van der Waals surface area contributed by atoms with E-state index in [0.29, 0.717) is 5.69 Å². The van der Waals surface area contributed by atoms with Gasteiger partial charge in [-0.3, -0.25) is 15.0 Å². The van der Waals surface area contributed by atoms with E-state index in [0.717, 1.165) is 38.5 Å². The third-order valence-corrected chi connectivity index (χ3v) is 4.36. The van der Waals surface area contributed by atoms with Crippen LogP contribution in [0.1, 0.15) is 18.4 Å². The zero-order chi connectivity index (χ0) is 16.9. The van der Waals surface area contributed by atoms with Crippen LogP contribution in [0.4, 0.5) is 15.8 Å². The molecule has 0 spiro atoms. The predicted octanol–water partition coefficient (Wildman–Crippen LogP) is 3.81. The van der Waals surface area contributed by atoms with Crippen LogP contribution in [0, 0.1) is 15.9 Å². The maximum absolute atomic E-state index is 14.0. The lowest BCUT2D eigenvalue weighted by molar-refractivity contribution is -0.385. The van der Waals surface area contributed by atoms with E-state index >= 15 is 0 Å². The van der Waals surface area contributed by atoms with Crippen molar-refractivity contribution in [1.29, 1.82) is 0 Å². The van der Waals surface area contributed by atoms with Crippen molar-refractivity contribution in [1.82, 2.24) is 4.90 Å². The van der Waals surface area contributed by atoms with Gasteiger partial charge >= 0.3 is 0 Å². The van der Waals surface area contributed by atoms with Gasteiger partial charge in [-0.15, -0.1) is 0 Å². The average molecular weight is 329 g/mol. The summed E-state index contributed by atoms with van der Waals surface area (Å²) in [7, 11) is 0. The van der Waals surface area contributed by atoms with Crippen molar-refractivity contribution in [2.45, 2.75) is 25.4 Å². The molecule has 0 aromatic heterocycles. The van der Waals surface area contributed by atoms with Crippen molar-refractivity contribution >= 4 is 11.4 Å². The summed E-state index contributed by atoms with van der Waals surface area (Å²) < 4.78 is 14.0. The third kappa shape index (κ3) is 4.08. The Morgan fingerprint density at radius 1 is 1.17 bits per heavy atom. The van der Waals surface area contributed by atoms with Crippen molar-refractivity contribution in [3.63, 3.8) is 0 Å². The number of hydrogen-bond donors (Lipinski definition) is 1. The molecule has 2 aromatic carbocycles. The first kappa shape index (κ1) is 16.4. The van der Waals surface area contributed by atoms with Crippen LogP contribution in [-0.4, -0.2) is 29.0 Å². The van der Waals surface area contributed by atoms with Gasteiger partial charge in [0, 0.05) is 31.7 Å². The van der Waals surface area contributed by atoms with Crippen LogP contribution in [0.5, 0.6) is 0 Å². The molecule has 2 aromatic rings. The molecule has 6 heteroatoms. The molecule has 5 nitrogen and oxygen atoms in total. The standard InChI is InChI=1S/C18H20FN3O2/c19-17-12-16(22(23)24)6-7-18(17)20-15-8-10-21(11-9-15)13-14-4-2-1-3-5-14/h1-7,12,15,20H,8-11,13H2. The fraction of sp³-hybridized carbons (Fsp3) is 0.333. The second kappa shape index (κ2) is 7.40. The van der Waals surface area contributed by atoms with Crippen LogP contribution < -0.4 is 5.32 Å². The Kier molecular flexibility index (Phi) is 5.05. The molecular formula is C18H20FN3O2. The van der Waals surface area contributed by atoms with Crippen LogP contribution in [0.25, 0.3) is 0 Å². The molecule has 1 fully saturated rings. The molecule has 126 valence electrons. The molecule has 1 saturated heterocycles. The number of halogens is 1. The summed E-state index contributed by atoms with van der Waals surface area (Å²) in [5, 5.41) is 13.8. The fourth-order valence-electron chi connectivity index (χ4n) is 3.03. The summed E-state index contributed by atoms with van der Waals surface area (Å²) in [5.74, 6) is -0.573. The first-order chi connectivity index (χ1) is 11.6. The highest BCUT2D eigenvalue weighted by molar-refractivity contribution is 5.50. The van der Waals surface area contributed by atoms with Crippen LogP contribution in [0.15, 0.2) is 48.5 Å². The summed E-state index contributed by atoms with van der Waals surface area (Å²) in [6.45, 7) is 2.82. The highest BCUT2D eigenvalue weighted by Crippen LogP contribution is 2.23. The number of hydrogen-bond acceptors (Lipinski definition) is 4. The van der Waals surface area contributed by atoms with Crippen molar-refractivity contribution in [2.75, 3.05) is 18.4 Å². The number of rotatable bonds is 5. The Hall–Kier alpha value is -2.47. The van der Waals surface area contributed by atoms with E-state index in [1.54, 1.807) is 0 Å². The maximum Gasteiger partial charge on any atom is 0.272 e. The van der Waals surface area contributed by atoms with Gasteiger partial charge in [0.1, 0.15) is 0 Å². The normalized spacial score (nSPS) is 16.0. The molecule has 0 atom stereocenters. The largest absolute Gasteiger partial charge is 0.380 e. The van der Waals surface area contributed by atoms with Crippen molar-refractivity contribution in [3.8, 4) is 0 Å². The van der Waals surface area contributed by atoms with Gasteiger partial charge in [-0.2, -0.15) is 0 Å². The topological polar surface area (TPSA) is 58.4 Å². The Balaban J connectivity index is 1.53. The Morgan fingerprint density at radius 3 is 2.50 bits per heavy atom. The number of piperidine rings is 1. The molecule has 1 aliphatic heterocycles. The lowest BCUT2D eigenvalue weighted by Crippen LogP contribution is -2.38. The highest BCUT2D eigenvalue weighted by atomic mass is 19.1. The SMILES string of the molecule is O=[N+]([O-])c1ccc(NC2CCN(Cc3ccccc3)CC2)c(F)c1. The molecule has 1 aliphatic rings. The predicted molar refractivity (Wildman–Crippen MR) is 91.4 cm³/mol. The highest BCUT2D eigenvalue weighted by Gasteiger charge is 2.20. The van der Waals surface area contributed by atoms with Gasteiger partial charge in [-0.25, -0.2) is 4.39 Å². The third-order valence-electron chi connectivity index (χ3n) is 4.36. The first-order valence-electron chi connectivity index (χ1n) is 8.08. The number of likely N-dealkylation sites (tertiary alicyclic amines) is 1. The Bertz CT molecular complexity index is 701. The first-order valence-corrected chi connectivity index (χ1v) is 8.08. The molecule has 1 N–H and O–H groups in total. The summed E-state index contributed by atoms with van der Waals surface area (Å²) in [5.41, 5.74) is 1.41. The van der Waals surface area contributed by atoms with E-state index in [4.69, 9.17) is 0 Å². The number of non-ortho nitro benzene ring substituents is 1. The minimum atomic E-state index is -0.588. The van der Waals surface area contributed by atoms with Crippen LogP contribution in [-0.2, 0) is 6.54 Å². The van der Waals surface area contributed by atoms with Crippen molar-refractivity contribution in [2.24, 2.45) is 0 Å². The van der Waals surface area contributed by atoms with E-state index in [1.807, 2.05) is 18.2 Å². The lowest BCUT2D eigenvalue weighted by atomic mass is 10.0.